The molecule has 0 saturated heterocycles. The lowest BCUT2D eigenvalue weighted by molar-refractivity contribution is -0.115. The minimum Gasteiger partial charge on any atom is -0.310 e. The van der Waals surface area contributed by atoms with Crippen molar-refractivity contribution in [3.8, 4) is 11.5 Å². The molecule has 5 rings (SSSR count). The zero-order valence-corrected chi connectivity index (χ0v) is 18.2. The molecule has 1 N–H and O–H groups in total. The summed E-state index contributed by atoms with van der Waals surface area (Å²) in [5, 5.41) is 13.0. The number of nitrogens with zero attached hydrogens (tertiary/aromatic N) is 6. The number of hydrogen-bond donors (Lipinski definition) is 1. The van der Waals surface area contributed by atoms with Crippen LogP contribution in [0.4, 0.5) is 10.2 Å². The van der Waals surface area contributed by atoms with E-state index in [2.05, 4.69) is 25.5 Å². The largest absolute Gasteiger partial charge is 0.310 e. The van der Waals surface area contributed by atoms with Gasteiger partial charge in [0.15, 0.2) is 11.5 Å². The standard InChI is InChI=1S/C23H17ClFN7O/c1-14-9-20(29-21(33)10-15-5-7-17(25)8-6-15)32(30-14)23-19-12-28-31(22(19)26-13-27-23)18-4-2-3-16(24)11-18/h2-9,11-13H,10H2,1H3,(H,29,33). The second-order valence-corrected chi connectivity index (χ2v) is 7.84. The van der Waals surface area contributed by atoms with E-state index < -0.39 is 0 Å². The Balaban J connectivity index is 1.49. The molecule has 0 aliphatic heterocycles. The van der Waals surface area contributed by atoms with E-state index in [0.717, 1.165) is 5.69 Å². The molecule has 0 fully saturated rings. The maximum Gasteiger partial charge on any atom is 0.229 e. The molecular formula is C23H17ClFN7O. The Morgan fingerprint density at radius 2 is 1.91 bits per heavy atom. The maximum atomic E-state index is 13.1. The van der Waals surface area contributed by atoms with Crippen LogP contribution in [-0.2, 0) is 11.2 Å². The maximum absolute atomic E-state index is 13.1. The van der Waals surface area contributed by atoms with Gasteiger partial charge in [-0.2, -0.15) is 14.9 Å². The topological polar surface area (TPSA) is 90.5 Å². The number of carbonyl (C=O) groups is 1. The first kappa shape index (κ1) is 20.8. The third-order valence-corrected chi connectivity index (χ3v) is 5.21. The van der Waals surface area contributed by atoms with E-state index >= 15 is 0 Å². The minimum atomic E-state index is -0.348. The van der Waals surface area contributed by atoms with Gasteiger partial charge in [0.2, 0.25) is 5.91 Å². The van der Waals surface area contributed by atoms with Crippen molar-refractivity contribution in [2.75, 3.05) is 5.32 Å². The molecule has 164 valence electrons. The van der Waals surface area contributed by atoms with Crippen molar-refractivity contribution in [2.24, 2.45) is 0 Å². The van der Waals surface area contributed by atoms with Crippen LogP contribution in [0.25, 0.3) is 22.5 Å². The fourth-order valence-corrected chi connectivity index (χ4v) is 3.71. The molecule has 8 nitrogen and oxygen atoms in total. The monoisotopic (exact) mass is 461 g/mol. The summed E-state index contributed by atoms with van der Waals surface area (Å²) in [6.45, 7) is 1.82. The van der Waals surface area contributed by atoms with Gasteiger partial charge >= 0.3 is 0 Å². The first-order valence-electron chi connectivity index (χ1n) is 10.0. The predicted molar refractivity (Wildman–Crippen MR) is 122 cm³/mol. The molecule has 5 aromatic rings. The average Bonchev–Trinajstić information content (AvgIpc) is 3.38. The normalized spacial score (nSPS) is 11.1. The lowest BCUT2D eigenvalue weighted by Crippen LogP contribution is -2.17. The molecule has 0 spiro atoms. The smallest absolute Gasteiger partial charge is 0.229 e. The number of amides is 1. The van der Waals surface area contributed by atoms with E-state index in [-0.39, 0.29) is 18.1 Å². The number of nitrogens with one attached hydrogen (secondary N) is 1. The molecule has 0 aliphatic rings. The van der Waals surface area contributed by atoms with Gasteiger partial charge in [-0.3, -0.25) is 4.79 Å². The van der Waals surface area contributed by atoms with Crippen molar-refractivity contribution in [1.82, 2.24) is 29.5 Å². The fraction of sp³-hybridized carbons (Fsp3) is 0.0870. The zero-order valence-electron chi connectivity index (χ0n) is 17.4. The summed E-state index contributed by atoms with van der Waals surface area (Å²) in [4.78, 5) is 21.4. The van der Waals surface area contributed by atoms with Crippen LogP contribution >= 0.6 is 11.6 Å². The first-order valence-corrected chi connectivity index (χ1v) is 10.4. The fourth-order valence-electron chi connectivity index (χ4n) is 3.52. The van der Waals surface area contributed by atoms with Crippen molar-refractivity contribution < 1.29 is 9.18 Å². The summed E-state index contributed by atoms with van der Waals surface area (Å²) in [7, 11) is 0. The number of rotatable bonds is 5. The number of halogens is 2. The van der Waals surface area contributed by atoms with Crippen molar-refractivity contribution in [1.29, 1.82) is 0 Å². The summed E-state index contributed by atoms with van der Waals surface area (Å²) in [5.41, 5.74) is 2.72. The number of fused-ring (bicyclic) bond motifs is 1. The quantitative estimate of drug-likeness (QED) is 0.422. The number of carbonyl (C=O) groups excluding carboxylic acids is 1. The molecule has 33 heavy (non-hydrogen) atoms. The Hall–Kier alpha value is -4.11. The molecule has 3 heterocycles. The van der Waals surface area contributed by atoms with Crippen LogP contribution in [0.3, 0.4) is 0 Å². The van der Waals surface area contributed by atoms with E-state index in [1.807, 2.05) is 19.1 Å². The number of aromatic nitrogens is 6. The van der Waals surface area contributed by atoms with Crippen molar-refractivity contribution >= 4 is 34.4 Å². The van der Waals surface area contributed by atoms with Gasteiger partial charge in [-0.15, -0.1) is 0 Å². The van der Waals surface area contributed by atoms with Gasteiger partial charge in [-0.25, -0.2) is 19.0 Å². The van der Waals surface area contributed by atoms with Crippen LogP contribution in [0, 0.1) is 12.7 Å². The minimum absolute atomic E-state index is 0.0936. The highest BCUT2D eigenvalue weighted by Gasteiger charge is 2.18. The van der Waals surface area contributed by atoms with Crippen LogP contribution in [0.2, 0.25) is 5.02 Å². The Bertz CT molecular complexity index is 1480. The van der Waals surface area contributed by atoms with Crippen LogP contribution in [0.1, 0.15) is 11.3 Å². The Kier molecular flexibility index (Phi) is 5.31. The van der Waals surface area contributed by atoms with E-state index in [9.17, 15) is 9.18 Å². The van der Waals surface area contributed by atoms with Crippen molar-refractivity contribution in [2.45, 2.75) is 13.3 Å². The molecule has 0 aliphatic carbocycles. The molecule has 0 unspecified atom stereocenters. The Morgan fingerprint density at radius 1 is 1.09 bits per heavy atom. The van der Waals surface area contributed by atoms with E-state index in [4.69, 9.17) is 11.6 Å². The Morgan fingerprint density at radius 3 is 2.70 bits per heavy atom. The Labute approximate surface area is 192 Å². The SMILES string of the molecule is Cc1cc(NC(=O)Cc2ccc(F)cc2)n(-c2ncnc3c2cnn3-c2cccc(Cl)c2)n1. The number of hydrogen-bond acceptors (Lipinski definition) is 5. The van der Waals surface area contributed by atoms with E-state index in [1.165, 1.54) is 18.5 Å². The number of anilines is 1. The van der Waals surface area contributed by atoms with Crippen molar-refractivity contribution in [3.05, 3.63) is 89.2 Å². The highest BCUT2D eigenvalue weighted by molar-refractivity contribution is 6.30. The molecular weight excluding hydrogens is 445 g/mol. The molecule has 10 heteroatoms. The van der Waals surface area contributed by atoms with Gasteiger partial charge in [-0.1, -0.05) is 29.8 Å². The van der Waals surface area contributed by atoms with Crippen molar-refractivity contribution in [3.63, 3.8) is 0 Å². The van der Waals surface area contributed by atoms with E-state index in [0.29, 0.717) is 38.9 Å². The summed E-state index contributed by atoms with van der Waals surface area (Å²) in [5.74, 6) is 0.315. The highest BCUT2D eigenvalue weighted by atomic mass is 35.5. The summed E-state index contributed by atoms with van der Waals surface area (Å²) < 4.78 is 16.3. The predicted octanol–water partition coefficient (Wildman–Crippen LogP) is 4.28. The van der Waals surface area contributed by atoms with Crippen LogP contribution < -0.4 is 5.32 Å². The second kappa shape index (κ2) is 8.44. The molecule has 2 aromatic carbocycles. The van der Waals surface area contributed by atoms with Gasteiger partial charge in [0.05, 0.1) is 29.4 Å². The number of aryl methyl sites for hydroxylation is 1. The summed E-state index contributed by atoms with van der Waals surface area (Å²) in [6.07, 6.45) is 3.16. The summed E-state index contributed by atoms with van der Waals surface area (Å²) >= 11 is 6.13. The van der Waals surface area contributed by atoms with Gasteiger partial charge in [0, 0.05) is 11.1 Å². The average molecular weight is 462 g/mol. The highest BCUT2D eigenvalue weighted by Crippen LogP contribution is 2.25. The molecule has 0 bridgehead atoms. The van der Waals surface area contributed by atoms with Crippen LogP contribution in [-0.4, -0.2) is 35.4 Å². The molecule has 0 saturated carbocycles. The van der Waals surface area contributed by atoms with Crippen LogP contribution in [0.15, 0.2) is 67.1 Å². The molecule has 0 atom stereocenters. The first-order chi connectivity index (χ1) is 16.0. The third-order valence-electron chi connectivity index (χ3n) is 4.98. The van der Waals surface area contributed by atoms with Gasteiger partial charge in [0.25, 0.3) is 0 Å². The summed E-state index contributed by atoms with van der Waals surface area (Å²) in [6, 6.07) is 14.8. The lowest BCUT2D eigenvalue weighted by atomic mass is 10.1. The second-order valence-electron chi connectivity index (χ2n) is 7.40. The van der Waals surface area contributed by atoms with Gasteiger partial charge in [0.1, 0.15) is 18.0 Å². The molecule has 0 radical (unpaired) electrons. The zero-order chi connectivity index (χ0) is 22.9. The van der Waals surface area contributed by atoms with E-state index in [1.54, 1.807) is 45.9 Å². The molecule has 1 amide bonds. The number of benzene rings is 2. The van der Waals surface area contributed by atoms with Crippen LogP contribution in [0.5, 0.6) is 0 Å². The molecule has 3 aromatic heterocycles. The third kappa shape index (κ3) is 4.18. The van der Waals surface area contributed by atoms with Gasteiger partial charge < -0.3 is 5.32 Å². The lowest BCUT2D eigenvalue weighted by Gasteiger charge is -2.09. The van der Waals surface area contributed by atoms with Gasteiger partial charge in [-0.05, 0) is 42.8 Å².